The van der Waals surface area contributed by atoms with Gasteiger partial charge in [0.1, 0.15) is 11.4 Å². The minimum atomic E-state index is 0.509. The second-order valence-electron chi connectivity index (χ2n) is 3.67. The van der Waals surface area contributed by atoms with Crippen molar-refractivity contribution >= 4 is 0 Å². The molecular formula is C12H15N3O. The van der Waals surface area contributed by atoms with E-state index in [0.29, 0.717) is 6.54 Å². The third-order valence-electron chi connectivity index (χ3n) is 2.44. The molecule has 0 unspecified atom stereocenters. The number of hydrogen-bond acceptors (Lipinski definition) is 3. The minimum Gasteiger partial charge on any atom is -0.494 e. The van der Waals surface area contributed by atoms with E-state index < -0.39 is 0 Å². The van der Waals surface area contributed by atoms with Crippen LogP contribution in [-0.4, -0.2) is 16.9 Å². The molecule has 2 aromatic rings. The first-order chi connectivity index (χ1) is 7.74. The Morgan fingerprint density at radius 2 is 2.25 bits per heavy atom. The molecule has 1 aromatic carbocycles. The second kappa shape index (κ2) is 4.37. The van der Waals surface area contributed by atoms with E-state index >= 15 is 0 Å². The number of ether oxygens (including phenoxy) is 1. The summed E-state index contributed by atoms with van der Waals surface area (Å²) in [6.45, 7) is 2.51. The molecule has 1 heterocycles. The summed E-state index contributed by atoms with van der Waals surface area (Å²) in [6.07, 6.45) is 3.77. The van der Waals surface area contributed by atoms with Crippen molar-refractivity contribution in [3.63, 3.8) is 0 Å². The lowest BCUT2D eigenvalue weighted by Crippen LogP contribution is -2.01. The van der Waals surface area contributed by atoms with Gasteiger partial charge in [0.25, 0.3) is 0 Å². The van der Waals surface area contributed by atoms with Crippen LogP contribution in [-0.2, 0) is 6.54 Å². The first-order valence-electron chi connectivity index (χ1n) is 5.13. The molecule has 0 saturated heterocycles. The number of methoxy groups -OCH3 is 1. The zero-order valence-corrected chi connectivity index (χ0v) is 9.47. The van der Waals surface area contributed by atoms with E-state index in [-0.39, 0.29) is 0 Å². The van der Waals surface area contributed by atoms with Crippen LogP contribution in [0.5, 0.6) is 5.75 Å². The maximum atomic E-state index is 5.59. The monoisotopic (exact) mass is 217 g/mol. The van der Waals surface area contributed by atoms with E-state index in [9.17, 15) is 0 Å². The molecule has 4 nitrogen and oxygen atoms in total. The number of benzene rings is 1. The highest BCUT2D eigenvalue weighted by molar-refractivity contribution is 5.48. The van der Waals surface area contributed by atoms with Crippen molar-refractivity contribution in [2.75, 3.05) is 7.11 Å². The highest BCUT2D eigenvalue weighted by Gasteiger charge is 2.06. The topological polar surface area (TPSA) is 53.1 Å². The molecule has 0 bridgehead atoms. The Hall–Kier alpha value is -1.81. The fraction of sp³-hybridized carbons (Fsp3) is 0.250. The molecule has 0 saturated carbocycles. The predicted molar refractivity (Wildman–Crippen MR) is 62.7 cm³/mol. The molecule has 0 spiro atoms. The van der Waals surface area contributed by atoms with Gasteiger partial charge < -0.3 is 10.5 Å². The van der Waals surface area contributed by atoms with Crippen LogP contribution in [0, 0.1) is 6.92 Å². The summed E-state index contributed by atoms with van der Waals surface area (Å²) >= 11 is 0. The normalized spacial score (nSPS) is 10.4. The van der Waals surface area contributed by atoms with Crippen molar-refractivity contribution in [3.05, 3.63) is 41.7 Å². The van der Waals surface area contributed by atoms with E-state index in [1.807, 2.05) is 37.5 Å². The van der Waals surface area contributed by atoms with Crippen molar-refractivity contribution < 1.29 is 4.74 Å². The van der Waals surface area contributed by atoms with Gasteiger partial charge >= 0.3 is 0 Å². The van der Waals surface area contributed by atoms with Gasteiger partial charge in [-0.25, -0.2) is 4.68 Å². The number of nitrogens with zero attached hydrogens (tertiary/aromatic N) is 2. The molecule has 2 N–H and O–H groups in total. The Morgan fingerprint density at radius 1 is 1.44 bits per heavy atom. The van der Waals surface area contributed by atoms with Gasteiger partial charge in [0, 0.05) is 12.7 Å². The number of rotatable bonds is 3. The van der Waals surface area contributed by atoms with Crippen molar-refractivity contribution in [2.24, 2.45) is 5.73 Å². The molecule has 0 aliphatic heterocycles. The average Bonchev–Trinajstić information content (AvgIpc) is 2.74. The van der Waals surface area contributed by atoms with Crippen LogP contribution in [0.4, 0.5) is 0 Å². The second-order valence-corrected chi connectivity index (χ2v) is 3.67. The highest BCUT2D eigenvalue weighted by Crippen LogP contribution is 2.23. The van der Waals surface area contributed by atoms with E-state index in [4.69, 9.17) is 10.5 Å². The van der Waals surface area contributed by atoms with Crippen LogP contribution in [0.1, 0.15) is 11.1 Å². The fourth-order valence-corrected chi connectivity index (χ4v) is 1.58. The van der Waals surface area contributed by atoms with E-state index in [2.05, 4.69) is 5.10 Å². The fourth-order valence-electron chi connectivity index (χ4n) is 1.58. The summed E-state index contributed by atoms with van der Waals surface area (Å²) < 4.78 is 7.14. The molecule has 0 aliphatic carbocycles. The minimum absolute atomic E-state index is 0.509. The Balaban J connectivity index is 2.48. The van der Waals surface area contributed by atoms with Crippen LogP contribution >= 0.6 is 0 Å². The third kappa shape index (κ3) is 1.92. The van der Waals surface area contributed by atoms with Gasteiger partial charge in [-0.15, -0.1) is 0 Å². The van der Waals surface area contributed by atoms with E-state index in [1.54, 1.807) is 11.8 Å². The van der Waals surface area contributed by atoms with Crippen molar-refractivity contribution in [2.45, 2.75) is 13.5 Å². The molecule has 4 heteroatoms. The molecule has 84 valence electrons. The molecule has 0 radical (unpaired) electrons. The molecule has 0 amide bonds. The summed E-state index contributed by atoms with van der Waals surface area (Å²) in [5, 5.41) is 4.26. The lowest BCUT2D eigenvalue weighted by molar-refractivity contribution is 0.411. The summed E-state index contributed by atoms with van der Waals surface area (Å²) in [5.74, 6) is 0.783. The highest BCUT2D eigenvalue weighted by atomic mass is 16.5. The number of nitrogens with two attached hydrogens (primary N) is 1. The summed E-state index contributed by atoms with van der Waals surface area (Å²) in [7, 11) is 1.65. The molecule has 2 rings (SSSR count). The Labute approximate surface area is 94.6 Å². The van der Waals surface area contributed by atoms with Crippen LogP contribution in [0.3, 0.4) is 0 Å². The molecule has 1 aromatic heterocycles. The third-order valence-corrected chi connectivity index (χ3v) is 2.44. The first-order valence-corrected chi connectivity index (χ1v) is 5.13. The summed E-state index contributed by atoms with van der Waals surface area (Å²) in [6, 6.07) is 5.88. The van der Waals surface area contributed by atoms with E-state index in [0.717, 1.165) is 22.6 Å². The standard InChI is InChI=1S/C12H15N3O/c1-9-7-14-15(8-9)11-4-3-10(6-13)5-12(11)16-2/h3-5,7-8H,6,13H2,1-2H3. The lowest BCUT2D eigenvalue weighted by atomic mass is 10.2. The van der Waals surface area contributed by atoms with Crippen molar-refractivity contribution in [1.29, 1.82) is 0 Å². The Bertz CT molecular complexity index is 491. The zero-order chi connectivity index (χ0) is 11.5. The van der Waals surface area contributed by atoms with Gasteiger partial charge in [-0.2, -0.15) is 5.10 Å². The molecule has 0 fully saturated rings. The predicted octanol–water partition coefficient (Wildman–Crippen LogP) is 1.65. The number of hydrogen-bond donors (Lipinski definition) is 1. The SMILES string of the molecule is COc1cc(CN)ccc1-n1cc(C)cn1. The lowest BCUT2D eigenvalue weighted by Gasteiger charge is -2.09. The Morgan fingerprint density at radius 3 is 2.81 bits per heavy atom. The molecule has 0 aliphatic rings. The van der Waals surface area contributed by atoms with E-state index in [1.165, 1.54) is 0 Å². The van der Waals surface area contributed by atoms with Gasteiger partial charge in [-0.1, -0.05) is 6.07 Å². The van der Waals surface area contributed by atoms with Crippen LogP contribution in [0.25, 0.3) is 5.69 Å². The maximum absolute atomic E-state index is 5.59. The van der Waals surface area contributed by atoms with Crippen LogP contribution in [0.2, 0.25) is 0 Å². The van der Waals surface area contributed by atoms with Gasteiger partial charge in [0.05, 0.1) is 13.3 Å². The number of aryl methyl sites for hydroxylation is 1. The molecular weight excluding hydrogens is 202 g/mol. The largest absolute Gasteiger partial charge is 0.494 e. The summed E-state index contributed by atoms with van der Waals surface area (Å²) in [4.78, 5) is 0. The molecule has 0 atom stereocenters. The van der Waals surface area contributed by atoms with Crippen LogP contribution in [0.15, 0.2) is 30.6 Å². The van der Waals surface area contributed by atoms with Crippen LogP contribution < -0.4 is 10.5 Å². The van der Waals surface area contributed by atoms with Gasteiger partial charge in [0.2, 0.25) is 0 Å². The van der Waals surface area contributed by atoms with Crippen molar-refractivity contribution in [1.82, 2.24) is 9.78 Å². The van der Waals surface area contributed by atoms with Gasteiger partial charge in [-0.3, -0.25) is 0 Å². The smallest absolute Gasteiger partial charge is 0.144 e. The summed E-state index contributed by atoms with van der Waals surface area (Å²) in [5.41, 5.74) is 8.67. The quantitative estimate of drug-likeness (QED) is 0.850. The number of aromatic nitrogens is 2. The molecule has 16 heavy (non-hydrogen) atoms. The maximum Gasteiger partial charge on any atom is 0.144 e. The van der Waals surface area contributed by atoms with Crippen molar-refractivity contribution in [3.8, 4) is 11.4 Å². The van der Waals surface area contributed by atoms with Gasteiger partial charge in [-0.05, 0) is 30.2 Å². The Kier molecular flexibility index (Phi) is 2.92. The average molecular weight is 217 g/mol. The zero-order valence-electron chi connectivity index (χ0n) is 9.47. The van der Waals surface area contributed by atoms with Gasteiger partial charge in [0.15, 0.2) is 0 Å². The first kappa shape index (κ1) is 10.7.